The van der Waals surface area contributed by atoms with Crippen LogP contribution < -0.4 is 5.32 Å². The number of nitrogens with zero attached hydrogens (tertiary/aromatic N) is 1. The molecule has 0 spiro atoms. The molecule has 1 fully saturated rings. The van der Waals surface area contributed by atoms with Crippen LogP contribution in [0.25, 0.3) is 0 Å². The molecular formula is C15H24N2O. The number of nitrogens with one attached hydrogen (secondary N) is 1. The zero-order valence-electron chi connectivity index (χ0n) is 11.9. The maximum absolute atomic E-state index is 9.33. The third-order valence-corrected chi connectivity index (χ3v) is 4.09. The third kappa shape index (κ3) is 2.73. The van der Waals surface area contributed by atoms with Crippen molar-refractivity contribution in [1.29, 1.82) is 0 Å². The summed E-state index contributed by atoms with van der Waals surface area (Å²) in [5.74, 6) is 0. The topological polar surface area (TPSA) is 45.1 Å². The molecular weight excluding hydrogens is 224 g/mol. The SMILES string of the molecule is Cc1cc(C)c(C(C)NCC2(CO)CC2)c(C)n1. The zero-order valence-corrected chi connectivity index (χ0v) is 11.9. The normalized spacial score (nSPS) is 18.7. The highest BCUT2D eigenvalue weighted by Gasteiger charge is 2.41. The zero-order chi connectivity index (χ0) is 13.3. The minimum atomic E-state index is 0.161. The molecule has 0 aliphatic heterocycles. The van der Waals surface area contributed by atoms with Crippen LogP contribution in [0.5, 0.6) is 0 Å². The summed E-state index contributed by atoms with van der Waals surface area (Å²) in [6, 6.07) is 2.43. The molecule has 1 saturated carbocycles. The van der Waals surface area contributed by atoms with E-state index in [4.69, 9.17) is 0 Å². The number of aryl methyl sites for hydroxylation is 3. The number of pyridine rings is 1. The average Bonchev–Trinajstić information content (AvgIpc) is 3.05. The smallest absolute Gasteiger partial charge is 0.0499 e. The molecule has 100 valence electrons. The van der Waals surface area contributed by atoms with Crippen LogP contribution in [0.1, 0.15) is 48.3 Å². The molecule has 1 aliphatic carbocycles. The minimum Gasteiger partial charge on any atom is -0.396 e. The molecule has 1 aliphatic rings. The predicted octanol–water partition coefficient (Wildman–Crippen LogP) is 2.43. The highest BCUT2D eigenvalue weighted by atomic mass is 16.3. The van der Waals surface area contributed by atoms with Crippen molar-refractivity contribution in [3.63, 3.8) is 0 Å². The summed E-state index contributed by atoms with van der Waals surface area (Å²) in [6.07, 6.45) is 2.29. The molecule has 0 amide bonds. The van der Waals surface area contributed by atoms with Crippen LogP contribution >= 0.6 is 0 Å². The van der Waals surface area contributed by atoms with Gasteiger partial charge in [-0.25, -0.2) is 0 Å². The predicted molar refractivity (Wildman–Crippen MR) is 73.6 cm³/mol. The van der Waals surface area contributed by atoms with Gasteiger partial charge >= 0.3 is 0 Å². The van der Waals surface area contributed by atoms with E-state index < -0.39 is 0 Å². The minimum absolute atomic E-state index is 0.161. The molecule has 0 saturated heterocycles. The van der Waals surface area contributed by atoms with Gasteiger partial charge in [0.2, 0.25) is 0 Å². The van der Waals surface area contributed by atoms with Crippen LogP contribution in [-0.2, 0) is 0 Å². The van der Waals surface area contributed by atoms with Gasteiger partial charge in [-0.1, -0.05) is 0 Å². The molecule has 1 heterocycles. The van der Waals surface area contributed by atoms with Crippen molar-refractivity contribution in [2.75, 3.05) is 13.2 Å². The fraction of sp³-hybridized carbons (Fsp3) is 0.667. The molecule has 0 radical (unpaired) electrons. The van der Waals surface area contributed by atoms with Crippen molar-refractivity contribution in [3.8, 4) is 0 Å². The van der Waals surface area contributed by atoms with Gasteiger partial charge in [0.1, 0.15) is 0 Å². The average molecular weight is 248 g/mol. The summed E-state index contributed by atoms with van der Waals surface area (Å²) in [7, 11) is 0. The first-order valence-electron chi connectivity index (χ1n) is 6.76. The molecule has 1 aromatic heterocycles. The number of hydrogen-bond donors (Lipinski definition) is 2. The van der Waals surface area contributed by atoms with Gasteiger partial charge in [0.25, 0.3) is 0 Å². The van der Waals surface area contributed by atoms with E-state index in [1.165, 1.54) is 11.1 Å². The van der Waals surface area contributed by atoms with E-state index in [1.807, 2.05) is 6.92 Å². The van der Waals surface area contributed by atoms with Gasteiger partial charge in [0.15, 0.2) is 0 Å². The first-order chi connectivity index (χ1) is 8.47. The lowest BCUT2D eigenvalue weighted by atomic mass is 9.99. The van der Waals surface area contributed by atoms with Crippen molar-refractivity contribution < 1.29 is 5.11 Å². The lowest BCUT2D eigenvalue weighted by Gasteiger charge is -2.22. The molecule has 2 rings (SSSR count). The van der Waals surface area contributed by atoms with E-state index in [0.717, 1.165) is 30.8 Å². The van der Waals surface area contributed by atoms with Crippen molar-refractivity contribution in [2.24, 2.45) is 5.41 Å². The first-order valence-corrected chi connectivity index (χ1v) is 6.76. The van der Waals surface area contributed by atoms with E-state index in [1.54, 1.807) is 0 Å². The Balaban J connectivity index is 2.07. The number of rotatable bonds is 5. The second-order valence-electron chi connectivity index (χ2n) is 5.84. The van der Waals surface area contributed by atoms with Gasteiger partial charge in [0, 0.05) is 36.0 Å². The van der Waals surface area contributed by atoms with Crippen molar-refractivity contribution in [2.45, 2.75) is 46.6 Å². The molecule has 1 atom stereocenters. The fourth-order valence-corrected chi connectivity index (χ4v) is 2.73. The van der Waals surface area contributed by atoms with Gasteiger partial charge < -0.3 is 10.4 Å². The number of aliphatic hydroxyl groups excluding tert-OH is 1. The van der Waals surface area contributed by atoms with Crippen LogP contribution in [0.4, 0.5) is 0 Å². The Bertz CT molecular complexity index is 415. The standard InChI is InChI=1S/C15H24N2O/c1-10-7-11(2)17-13(4)14(10)12(3)16-8-15(9-18)5-6-15/h7,12,16,18H,5-6,8-9H2,1-4H3. The molecule has 1 aromatic rings. The summed E-state index contributed by atoms with van der Waals surface area (Å²) >= 11 is 0. The molecule has 18 heavy (non-hydrogen) atoms. The van der Waals surface area contributed by atoms with Crippen LogP contribution in [-0.4, -0.2) is 23.2 Å². The Morgan fingerprint density at radius 3 is 2.56 bits per heavy atom. The Kier molecular flexibility index (Phi) is 3.74. The molecule has 0 bridgehead atoms. The van der Waals surface area contributed by atoms with E-state index in [2.05, 4.69) is 37.1 Å². The van der Waals surface area contributed by atoms with Crippen LogP contribution in [0.2, 0.25) is 0 Å². The summed E-state index contributed by atoms with van der Waals surface area (Å²) in [5.41, 5.74) is 4.95. The molecule has 1 unspecified atom stereocenters. The molecule has 2 N–H and O–H groups in total. The largest absolute Gasteiger partial charge is 0.396 e. The first kappa shape index (κ1) is 13.5. The summed E-state index contributed by atoms with van der Waals surface area (Å²) in [4.78, 5) is 4.55. The second-order valence-corrected chi connectivity index (χ2v) is 5.84. The highest BCUT2D eigenvalue weighted by Crippen LogP contribution is 2.44. The quantitative estimate of drug-likeness (QED) is 0.841. The number of hydrogen-bond acceptors (Lipinski definition) is 3. The van der Waals surface area contributed by atoms with Gasteiger partial charge in [-0.2, -0.15) is 0 Å². The summed E-state index contributed by atoms with van der Waals surface area (Å²) < 4.78 is 0. The van der Waals surface area contributed by atoms with Crippen molar-refractivity contribution in [3.05, 3.63) is 28.6 Å². The molecule has 0 aromatic carbocycles. The van der Waals surface area contributed by atoms with Gasteiger partial charge in [0.05, 0.1) is 0 Å². The van der Waals surface area contributed by atoms with Gasteiger partial charge in [-0.3, -0.25) is 4.98 Å². The number of aromatic nitrogens is 1. The Morgan fingerprint density at radius 2 is 2.06 bits per heavy atom. The Morgan fingerprint density at radius 1 is 1.39 bits per heavy atom. The highest BCUT2D eigenvalue weighted by molar-refractivity contribution is 5.33. The lowest BCUT2D eigenvalue weighted by Crippen LogP contribution is -2.29. The monoisotopic (exact) mass is 248 g/mol. The van der Waals surface area contributed by atoms with E-state index in [9.17, 15) is 5.11 Å². The van der Waals surface area contributed by atoms with Crippen LogP contribution in [0, 0.1) is 26.2 Å². The lowest BCUT2D eigenvalue weighted by molar-refractivity contribution is 0.204. The van der Waals surface area contributed by atoms with E-state index in [-0.39, 0.29) is 5.41 Å². The van der Waals surface area contributed by atoms with E-state index in [0.29, 0.717) is 12.6 Å². The fourth-order valence-electron chi connectivity index (χ4n) is 2.73. The molecule has 3 heteroatoms. The summed E-state index contributed by atoms with van der Waals surface area (Å²) in [6.45, 7) is 9.64. The van der Waals surface area contributed by atoms with Crippen molar-refractivity contribution in [1.82, 2.24) is 10.3 Å². The number of aliphatic hydroxyl groups is 1. The van der Waals surface area contributed by atoms with Crippen molar-refractivity contribution >= 4 is 0 Å². The second kappa shape index (κ2) is 4.98. The van der Waals surface area contributed by atoms with Crippen LogP contribution in [0.3, 0.4) is 0 Å². The Labute approximate surface area is 110 Å². The summed E-state index contributed by atoms with van der Waals surface area (Å²) in [5, 5.41) is 12.9. The van der Waals surface area contributed by atoms with Gasteiger partial charge in [-0.15, -0.1) is 0 Å². The Hall–Kier alpha value is -0.930. The maximum Gasteiger partial charge on any atom is 0.0499 e. The molecule has 3 nitrogen and oxygen atoms in total. The van der Waals surface area contributed by atoms with Crippen LogP contribution in [0.15, 0.2) is 6.07 Å². The van der Waals surface area contributed by atoms with E-state index >= 15 is 0 Å². The van der Waals surface area contributed by atoms with Gasteiger partial charge in [-0.05, 0) is 57.7 Å². The third-order valence-electron chi connectivity index (χ3n) is 4.09. The maximum atomic E-state index is 9.33.